The van der Waals surface area contributed by atoms with Crippen LogP contribution < -0.4 is 0 Å². The fourth-order valence-electron chi connectivity index (χ4n) is 0.899. The van der Waals surface area contributed by atoms with E-state index in [4.69, 9.17) is 19.7 Å². The predicted octanol–water partition coefficient (Wildman–Crippen LogP) is 1.98. The first-order valence-electron chi connectivity index (χ1n) is 6.56. The molecule has 4 nitrogen and oxygen atoms in total. The summed E-state index contributed by atoms with van der Waals surface area (Å²) in [6.07, 6.45) is 2.63. The Kier molecular flexibility index (Phi) is 17.9. The Morgan fingerprint density at radius 1 is 0.824 bits per heavy atom. The van der Waals surface area contributed by atoms with Gasteiger partial charge in [-0.25, -0.2) is 0 Å². The van der Waals surface area contributed by atoms with Gasteiger partial charge in [-0.15, -0.1) is 0 Å². The summed E-state index contributed by atoms with van der Waals surface area (Å²) in [5.41, 5.74) is 0. The number of aliphatic hydroxyl groups excluding tert-OH is 2. The zero-order chi connectivity index (χ0) is 13.5. The van der Waals surface area contributed by atoms with Crippen LogP contribution in [-0.4, -0.2) is 48.8 Å². The number of aliphatic hydroxyl groups is 2. The van der Waals surface area contributed by atoms with Crippen molar-refractivity contribution in [3.63, 3.8) is 0 Å². The van der Waals surface area contributed by atoms with Gasteiger partial charge in [0.1, 0.15) is 0 Å². The van der Waals surface area contributed by atoms with E-state index in [-0.39, 0.29) is 12.2 Å². The molecule has 0 amide bonds. The van der Waals surface area contributed by atoms with Crippen LogP contribution in [0.15, 0.2) is 0 Å². The Morgan fingerprint density at radius 2 is 1.29 bits per heavy atom. The molecule has 0 aromatic carbocycles. The van der Waals surface area contributed by atoms with Gasteiger partial charge in [0.25, 0.3) is 0 Å². The van der Waals surface area contributed by atoms with Gasteiger partial charge in [0.05, 0.1) is 25.4 Å². The molecular weight excluding hydrogens is 220 g/mol. The lowest BCUT2D eigenvalue weighted by atomic mass is 10.4. The molecule has 2 N–H and O–H groups in total. The van der Waals surface area contributed by atoms with E-state index in [0.717, 1.165) is 32.5 Å². The molecule has 17 heavy (non-hydrogen) atoms. The quantitative estimate of drug-likeness (QED) is 0.614. The molecular formula is C13H30O4. The summed E-state index contributed by atoms with van der Waals surface area (Å²) in [7, 11) is 0. The third-order valence-corrected chi connectivity index (χ3v) is 1.71. The van der Waals surface area contributed by atoms with E-state index in [1.807, 2.05) is 6.92 Å². The van der Waals surface area contributed by atoms with Gasteiger partial charge in [0.15, 0.2) is 0 Å². The van der Waals surface area contributed by atoms with Crippen LogP contribution in [0.5, 0.6) is 0 Å². The molecule has 2 atom stereocenters. The van der Waals surface area contributed by atoms with E-state index >= 15 is 0 Å². The van der Waals surface area contributed by atoms with Crippen molar-refractivity contribution >= 4 is 0 Å². The van der Waals surface area contributed by atoms with Crippen molar-refractivity contribution < 1.29 is 19.7 Å². The summed E-state index contributed by atoms with van der Waals surface area (Å²) in [4.78, 5) is 0. The van der Waals surface area contributed by atoms with E-state index in [2.05, 4.69) is 6.92 Å². The number of ether oxygens (including phenoxy) is 2. The van der Waals surface area contributed by atoms with Crippen LogP contribution in [-0.2, 0) is 9.47 Å². The lowest BCUT2D eigenvalue weighted by Gasteiger charge is -2.03. The normalized spacial score (nSPS) is 13.8. The van der Waals surface area contributed by atoms with Crippen LogP contribution in [0.1, 0.15) is 47.0 Å². The van der Waals surface area contributed by atoms with Crippen molar-refractivity contribution in [3.8, 4) is 0 Å². The minimum Gasteiger partial charge on any atom is -0.391 e. The lowest BCUT2D eigenvalue weighted by Crippen LogP contribution is -2.10. The van der Waals surface area contributed by atoms with Crippen molar-refractivity contribution in [1.29, 1.82) is 0 Å². The van der Waals surface area contributed by atoms with E-state index in [1.165, 1.54) is 0 Å². The van der Waals surface area contributed by atoms with Crippen LogP contribution >= 0.6 is 0 Å². The van der Waals surface area contributed by atoms with Gasteiger partial charge in [0, 0.05) is 13.2 Å². The highest BCUT2D eigenvalue weighted by Crippen LogP contribution is 1.89. The second kappa shape index (κ2) is 15.8. The van der Waals surface area contributed by atoms with Crippen LogP contribution in [0.3, 0.4) is 0 Å². The molecule has 0 saturated heterocycles. The summed E-state index contributed by atoms with van der Waals surface area (Å²) in [5, 5.41) is 17.4. The molecule has 0 aromatic heterocycles. The molecule has 0 fully saturated rings. The number of rotatable bonds is 9. The molecule has 106 valence electrons. The summed E-state index contributed by atoms with van der Waals surface area (Å²) in [5.74, 6) is 0. The SMILES string of the molecule is CCCCOCC(C)O.CCCOCC(C)O. The molecule has 0 radical (unpaired) electrons. The fraction of sp³-hybridized carbons (Fsp3) is 1.00. The molecule has 0 rings (SSSR count). The van der Waals surface area contributed by atoms with Gasteiger partial charge >= 0.3 is 0 Å². The maximum absolute atomic E-state index is 8.73. The monoisotopic (exact) mass is 250 g/mol. The van der Waals surface area contributed by atoms with Gasteiger partial charge in [-0.3, -0.25) is 0 Å². The molecule has 0 aliphatic heterocycles. The first kappa shape index (κ1) is 19.2. The number of hydrogen-bond acceptors (Lipinski definition) is 4. The van der Waals surface area contributed by atoms with Crippen LogP contribution in [0, 0.1) is 0 Å². The molecule has 4 heteroatoms. The topological polar surface area (TPSA) is 58.9 Å². The molecule has 0 saturated carbocycles. The van der Waals surface area contributed by atoms with Crippen molar-refractivity contribution in [2.75, 3.05) is 26.4 Å². The second-order valence-electron chi connectivity index (χ2n) is 4.20. The lowest BCUT2D eigenvalue weighted by molar-refractivity contribution is 0.0450. The van der Waals surface area contributed by atoms with Crippen LogP contribution in [0.25, 0.3) is 0 Å². The Labute approximate surface area is 106 Å². The maximum Gasteiger partial charge on any atom is 0.0745 e. The van der Waals surface area contributed by atoms with E-state index in [1.54, 1.807) is 13.8 Å². The predicted molar refractivity (Wildman–Crippen MR) is 70.2 cm³/mol. The highest BCUT2D eigenvalue weighted by molar-refractivity contribution is 4.41. The van der Waals surface area contributed by atoms with Crippen LogP contribution in [0.2, 0.25) is 0 Å². The van der Waals surface area contributed by atoms with Gasteiger partial charge in [-0.05, 0) is 26.7 Å². The first-order valence-corrected chi connectivity index (χ1v) is 6.56. The molecule has 0 aromatic rings. The third kappa shape index (κ3) is 25.8. The maximum atomic E-state index is 8.73. The Hall–Kier alpha value is -0.160. The van der Waals surface area contributed by atoms with Crippen molar-refractivity contribution in [2.24, 2.45) is 0 Å². The van der Waals surface area contributed by atoms with Crippen molar-refractivity contribution in [1.82, 2.24) is 0 Å². The summed E-state index contributed by atoms with van der Waals surface area (Å²) in [6, 6.07) is 0. The van der Waals surface area contributed by atoms with Crippen molar-refractivity contribution in [2.45, 2.75) is 59.2 Å². The number of hydrogen-bond donors (Lipinski definition) is 2. The van der Waals surface area contributed by atoms with Crippen molar-refractivity contribution in [3.05, 3.63) is 0 Å². The Morgan fingerprint density at radius 3 is 1.65 bits per heavy atom. The molecule has 0 heterocycles. The summed E-state index contributed by atoms with van der Waals surface area (Å²) in [6.45, 7) is 10.1. The number of unbranched alkanes of at least 4 members (excludes halogenated alkanes) is 1. The fourth-order valence-corrected chi connectivity index (χ4v) is 0.899. The van der Waals surface area contributed by atoms with Crippen LogP contribution in [0.4, 0.5) is 0 Å². The summed E-state index contributed by atoms with van der Waals surface area (Å²) >= 11 is 0. The van der Waals surface area contributed by atoms with E-state index in [9.17, 15) is 0 Å². The highest BCUT2D eigenvalue weighted by Gasteiger charge is 1.93. The average molecular weight is 250 g/mol. The third-order valence-electron chi connectivity index (χ3n) is 1.71. The van der Waals surface area contributed by atoms with E-state index in [0.29, 0.717) is 13.2 Å². The Balaban J connectivity index is 0. The molecule has 0 spiro atoms. The van der Waals surface area contributed by atoms with Gasteiger partial charge in [-0.2, -0.15) is 0 Å². The minimum atomic E-state index is -0.318. The molecule has 0 aliphatic rings. The largest absolute Gasteiger partial charge is 0.391 e. The first-order chi connectivity index (χ1) is 8.04. The van der Waals surface area contributed by atoms with E-state index < -0.39 is 0 Å². The molecule has 0 aliphatic carbocycles. The molecule has 2 unspecified atom stereocenters. The second-order valence-corrected chi connectivity index (χ2v) is 4.20. The minimum absolute atomic E-state index is 0.318. The average Bonchev–Trinajstić information content (AvgIpc) is 2.25. The van der Waals surface area contributed by atoms with Gasteiger partial charge < -0.3 is 19.7 Å². The standard InChI is InChI=1S/C7H16O2.C6H14O2/c1-3-4-5-9-6-7(2)8;1-3-4-8-5-6(2)7/h7-8H,3-6H2,1-2H3;6-7H,3-5H2,1-2H3. The van der Waals surface area contributed by atoms with Gasteiger partial charge in [0.2, 0.25) is 0 Å². The Bertz CT molecular complexity index is 127. The van der Waals surface area contributed by atoms with Gasteiger partial charge in [-0.1, -0.05) is 20.3 Å². The highest BCUT2D eigenvalue weighted by atomic mass is 16.5. The molecule has 0 bridgehead atoms. The zero-order valence-electron chi connectivity index (χ0n) is 11.8. The summed E-state index contributed by atoms with van der Waals surface area (Å²) < 4.78 is 10.1. The zero-order valence-corrected chi connectivity index (χ0v) is 11.8. The smallest absolute Gasteiger partial charge is 0.0745 e.